The van der Waals surface area contributed by atoms with E-state index in [4.69, 9.17) is 4.74 Å². The number of amides is 2. The maximum absolute atomic E-state index is 12.3. The molecule has 2 amide bonds. The molecule has 0 bridgehead atoms. The Morgan fingerprint density at radius 1 is 1.00 bits per heavy atom. The Bertz CT molecular complexity index is 801. The molecule has 30 heavy (non-hydrogen) atoms. The summed E-state index contributed by atoms with van der Waals surface area (Å²) >= 11 is 0. The zero-order valence-electron chi connectivity index (χ0n) is 18.4. The van der Waals surface area contributed by atoms with Crippen LogP contribution >= 0.6 is 0 Å². The lowest BCUT2D eigenvalue weighted by Gasteiger charge is -2.25. The molecular formula is C24H33N3O3. The summed E-state index contributed by atoms with van der Waals surface area (Å²) in [4.78, 5) is 26.6. The van der Waals surface area contributed by atoms with Gasteiger partial charge in [-0.25, -0.2) is 0 Å². The molecule has 1 atom stereocenters. The topological polar surface area (TPSA) is 70.7 Å². The zero-order valence-corrected chi connectivity index (χ0v) is 18.4. The number of likely N-dealkylation sites (N-methyl/N-ethyl adjacent to an activating group) is 1. The molecule has 0 radical (unpaired) electrons. The van der Waals surface area contributed by atoms with Crippen LogP contribution in [0.4, 0.5) is 0 Å². The second kappa shape index (κ2) is 12.0. The lowest BCUT2D eigenvalue weighted by atomic mass is 10.0. The van der Waals surface area contributed by atoms with Crippen molar-refractivity contribution in [3.63, 3.8) is 0 Å². The molecule has 0 fully saturated rings. The first kappa shape index (κ1) is 23.4. The van der Waals surface area contributed by atoms with E-state index in [1.165, 1.54) is 5.56 Å². The van der Waals surface area contributed by atoms with Gasteiger partial charge in [-0.15, -0.1) is 0 Å². The highest BCUT2D eigenvalue weighted by Crippen LogP contribution is 2.18. The van der Waals surface area contributed by atoms with Crippen molar-refractivity contribution in [2.45, 2.75) is 32.7 Å². The normalized spacial score (nSPS) is 11.8. The number of unbranched alkanes of at least 4 members (excludes halogenated alkanes) is 1. The van der Waals surface area contributed by atoms with Crippen molar-refractivity contribution in [3.05, 3.63) is 65.2 Å². The van der Waals surface area contributed by atoms with E-state index in [1.807, 2.05) is 21.0 Å². The molecule has 0 saturated heterocycles. The molecule has 2 aromatic carbocycles. The Hall–Kier alpha value is -2.86. The second-order valence-electron chi connectivity index (χ2n) is 7.60. The number of aryl methyl sites for hydroxylation is 1. The third kappa shape index (κ3) is 7.52. The lowest BCUT2D eigenvalue weighted by Crippen LogP contribution is -2.40. The molecule has 0 spiro atoms. The summed E-state index contributed by atoms with van der Waals surface area (Å²) in [5.41, 5.74) is 2.83. The first-order valence-electron chi connectivity index (χ1n) is 10.4. The van der Waals surface area contributed by atoms with Gasteiger partial charge in [-0.3, -0.25) is 9.59 Å². The maximum Gasteiger partial charge on any atom is 0.251 e. The summed E-state index contributed by atoms with van der Waals surface area (Å²) in [6.07, 6.45) is 2.07. The van der Waals surface area contributed by atoms with Crippen LogP contribution < -0.4 is 15.4 Å². The van der Waals surface area contributed by atoms with Gasteiger partial charge in [0, 0.05) is 12.1 Å². The smallest absolute Gasteiger partial charge is 0.251 e. The van der Waals surface area contributed by atoms with Crippen LogP contribution in [0.5, 0.6) is 5.75 Å². The Labute approximate surface area is 179 Å². The van der Waals surface area contributed by atoms with Gasteiger partial charge < -0.3 is 20.3 Å². The van der Waals surface area contributed by atoms with E-state index in [0.717, 1.165) is 24.2 Å². The summed E-state index contributed by atoms with van der Waals surface area (Å²) in [7, 11) is 3.96. The number of ether oxygens (including phenoxy) is 1. The van der Waals surface area contributed by atoms with Crippen molar-refractivity contribution < 1.29 is 14.3 Å². The number of hydrogen-bond acceptors (Lipinski definition) is 4. The quantitative estimate of drug-likeness (QED) is 0.557. The van der Waals surface area contributed by atoms with Gasteiger partial charge in [-0.2, -0.15) is 0 Å². The Balaban J connectivity index is 1.80. The summed E-state index contributed by atoms with van der Waals surface area (Å²) in [5.74, 6) is 0.235. The Morgan fingerprint density at radius 2 is 1.67 bits per heavy atom. The monoisotopic (exact) mass is 411 g/mol. The van der Waals surface area contributed by atoms with Gasteiger partial charge >= 0.3 is 0 Å². The molecule has 2 rings (SSSR count). The van der Waals surface area contributed by atoms with Crippen LogP contribution in [0.2, 0.25) is 0 Å². The lowest BCUT2D eigenvalue weighted by molar-refractivity contribution is -0.120. The van der Waals surface area contributed by atoms with Crippen LogP contribution in [0.25, 0.3) is 0 Å². The van der Waals surface area contributed by atoms with Crippen LogP contribution in [0, 0.1) is 6.92 Å². The van der Waals surface area contributed by atoms with E-state index >= 15 is 0 Å². The molecule has 6 nitrogen and oxygen atoms in total. The molecule has 6 heteroatoms. The number of benzene rings is 2. The van der Waals surface area contributed by atoms with E-state index in [0.29, 0.717) is 18.7 Å². The molecule has 0 aliphatic heterocycles. The highest BCUT2D eigenvalue weighted by Gasteiger charge is 2.15. The largest absolute Gasteiger partial charge is 0.494 e. The van der Waals surface area contributed by atoms with Crippen LogP contribution in [0.3, 0.4) is 0 Å². The van der Waals surface area contributed by atoms with Crippen molar-refractivity contribution in [2.75, 3.05) is 33.8 Å². The molecule has 162 valence electrons. The zero-order chi connectivity index (χ0) is 21.9. The molecule has 2 aromatic rings. The number of hydrogen-bond donors (Lipinski definition) is 2. The Kier molecular flexibility index (Phi) is 9.35. The fourth-order valence-corrected chi connectivity index (χ4v) is 2.96. The molecule has 1 unspecified atom stereocenters. The summed E-state index contributed by atoms with van der Waals surface area (Å²) in [6.45, 7) is 5.22. The SMILES string of the molecule is CCCCOc1ccc(C(=O)NCC(=O)NCC(c2ccc(C)cc2)N(C)C)cc1. The number of carbonyl (C=O) groups is 2. The van der Waals surface area contributed by atoms with E-state index in [1.54, 1.807) is 24.3 Å². The van der Waals surface area contributed by atoms with Crippen LogP contribution in [0.1, 0.15) is 47.3 Å². The van der Waals surface area contributed by atoms with Gasteiger partial charge in [0.1, 0.15) is 5.75 Å². The van der Waals surface area contributed by atoms with Gasteiger partial charge in [0.05, 0.1) is 19.2 Å². The summed E-state index contributed by atoms with van der Waals surface area (Å²) in [5, 5.41) is 5.57. The highest BCUT2D eigenvalue weighted by molar-refractivity contribution is 5.96. The first-order chi connectivity index (χ1) is 14.4. The van der Waals surface area contributed by atoms with Gasteiger partial charge in [0.2, 0.25) is 5.91 Å². The second-order valence-corrected chi connectivity index (χ2v) is 7.60. The van der Waals surface area contributed by atoms with Crippen LogP contribution in [-0.2, 0) is 4.79 Å². The van der Waals surface area contributed by atoms with E-state index in [-0.39, 0.29) is 24.4 Å². The minimum Gasteiger partial charge on any atom is -0.494 e. The van der Waals surface area contributed by atoms with Crippen LogP contribution in [-0.4, -0.2) is 50.5 Å². The maximum atomic E-state index is 12.3. The third-order valence-electron chi connectivity index (χ3n) is 4.87. The van der Waals surface area contributed by atoms with Gasteiger partial charge in [0.25, 0.3) is 5.91 Å². The van der Waals surface area contributed by atoms with Crippen LogP contribution in [0.15, 0.2) is 48.5 Å². The van der Waals surface area contributed by atoms with Gasteiger partial charge in [-0.1, -0.05) is 43.2 Å². The highest BCUT2D eigenvalue weighted by atomic mass is 16.5. The molecular weight excluding hydrogens is 378 g/mol. The van der Waals surface area contributed by atoms with Crippen molar-refractivity contribution in [1.82, 2.24) is 15.5 Å². The molecule has 0 aliphatic rings. The minimum atomic E-state index is -0.284. The summed E-state index contributed by atoms with van der Waals surface area (Å²) < 4.78 is 5.60. The third-order valence-corrected chi connectivity index (χ3v) is 4.87. The predicted octanol–water partition coefficient (Wildman–Crippen LogP) is 3.32. The number of carbonyl (C=O) groups excluding carboxylic acids is 2. The molecule has 0 heterocycles. The number of nitrogens with one attached hydrogen (secondary N) is 2. The Morgan fingerprint density at radius 3 is 2.27 bits per heavy atom. The molecule has 0 saturated carbocycles. The van der Waals surface area contributed by atoms with Crippen molar-refractivity contribution in [2.24, 2.45) is 0 Å². The van der Waals surface area contributed by atoms with Gasteiger partial charge in [-0.05, 0) is 57.3 Å². The van der Waals surface area contributed by atoms with E-state index < -0.39 is 0 Å². The van der Waals surface area contributed by atoms with Crippen molar-refractivity contribution in [3.8, 4) is 5.75 Å². The average molecular weight is 412 g/mol. The number of nitrogens with zero attached hydrogens (tertiary/aromatic N) is 1. The van der Waals surface area contributed by atoms with Crippen molar-refractivity contribution >= 4 is 11.8 Å². The van der Waals surface area contributed by atoms with Gasteiger partial charge in [0.15, 0.2) is 0 Å². The number of rotatable bonds is 11. The first-order valence-corrected chi connectivity index (χ1v) is 10.4. The van der Waals surface area contributed by atoms with E-state index in [2.05, 4.69) is 46.7 Å². The van der Waals surface area contributed by atoms with Crippen molar-refractivity contribution in [1.29, 1.82) is 0 Å². The average Bonchev–Trinajstić information content (AvgIpc) is 2.74. The fourth-order valence-electron chi connectivity index (χ4n) is 2.96. The molecule has 0 aliphatic carbocycles. The molecule has 0 aromatic heterocycles. The fraction of sp³-hybridized carbons (Fsp3) is 0.417. The predicted molar refractivity (Wildman–Crippen MR) is 120 cm³/mol. The standard InChI is InChI=1S/C24H33N3O3/c1-5-6-15-30-21-13-11-20(12-14-21)24(29)26-17-23(28)25-16-22(27(3)4)19-9-7-18(2)8-10-19/h7-14,22H,5-6,15-17H2,1-4H3,(H,25,28)(H,26,29). The van der Waals surface area contributed by atoms with E-state index in [9.17, 15) is 9.59 Å². The minimum absolute atomic E-state index is 0.0607. The summed E-state index contributed by atoms with van der Waals surface area (Å²) in [6, 6.07) is 15.3. The molecule has 2 N–H and O–H groups in total.